The van der Waals surface area contributed by atoms with Crippen LogP contribution < -0.4 is 10.6 Å². The van der Waals surface area contributed by atoms with Crippen LogP contribution >= 0.6 is 0 Å². The van der Waals surface area contributed by atoms with E-state index in [1.807, 2.05) is 0 Å². The van der Waals surface area contributed by atoms with Gasteiger partial charge in [0.2, 0.25) is 11.8 Å². The van der Waals surface area contributed by atoms with Gasteiger partial charge in [0, 0.05) is 31.8 Å². The van der Waals surface area contributed by atoms with E-state index in [0.717, 1.165) is 37.7 Å². The van der Waals surface area contributed by atoms with E-state index in [2.05, 4.69) is 5.10 Å². The molecule has 3 rings (SSSR count). The average molecular weight is 276 g/mol. The second-order valence-electron chi connectivity index (χ2n) is 5.91. The van der Waals surface area contributed by atoms with Gasteiger partial charge in [-0.05, 0) is 12.8 Å². The van der Waals surface area contributed by atoms with Gasteiger partial charge in [0.25, 0.3) is 0 Å². The van der Waals surface area contributed by atoms with Gasteiger partial charge >= 0.3 is 0 Å². The van der Waals surface area contributed by atoms with Crippen molar-refractivity contribution in [1.82, 2.24) is 9.78 Å². The Bertz CT molecular complexity index is 558. The van der Waals surface area contributed by atoms with E-state index >= 15 is 0 Å². The molecule has 2 N–H and O–H groups in total. The number of hydrogen-bond acceptors (Lipinski definition) is 4. The van der Waals surface area contributed by atoms with Crippen molar-refractivity contribution in [2.45, 2.75) is 45.1 Å². The highest BCUT2D eigenvalue weighted by Crippen LogP contribution is 2.46. The lowest BCUT2D eigenvalue weighted by atomic mass is 9.73. The van der Waals surface area contributed by atoms with Crippen molar-refractivity contribution in [2.24, 2.45) is 18.2 Å². The van der Waals surface area contributed by atoms with E-state index in [4.69, 9.17) is 5.73 Å². The van der Waals surface area contributed by atoms with Crippen LogP contribution in [0.15, 0.2) is 6.20 Å². The SMILES string of the molecule is Cn1cc(CN)c(N2C(=O)CC3(CCCCC3)C2=O)n1. The summed E-state index contributed by atoms with van der Waals surface area (Å²) in [5, 5.41) is 4.26. The Morgan fingerprint density at radius 2 is 2.00 bits per heavy atom. The van der Waals surface area contributed by atoms with E-state index < -0.39 is 5.41 Å². The van der Waals surface area contributed by atoms with Gasteiger partial charge in [-0.2, -0.15) is 5.10 Å². The van der Waals surface area contributed by atoms with Crippen LogP contribution in [0.5, 0.6) is 0 Å². The summed E-state index contributed by atoms with van der Waals surface area (Å²) in [5.41, 5.74) is 5.95. The normalized spacial score (nSPS) is 22.0. The second-order valence-corrected chi connectivity index (χ2v) is 5.91. The minimum Gasteiger partial charge on any atom is -0.326 e. The summed E-state index contributed by atoms with van der Waals surface area (Å²) in [6.07, 6.45) is 6.93. The van der Waals surface area contributed by atoms with Crippen molar-refractivity contribution < 1.29 is 9.59 Å². The monoisotopic (exact) mass is 276 g/mol. The molecule has 20 heavy (non-hydrogen) atoms. The minimum atomic E-state index is -0.473. The highest BCUT2D eigenvalue weighted by Gasteiger charge is 2.53. The summed E-state index contributed by atoms with van der Waals surface area (Å²) in [7, 11) is 1.77. The second kappa shape index (κ2) is 4.70. The van der Waals surface area contributed by atoms with Crippen LogP contribution in [0, 0.1) is 5.41 Å². The first kappa shape index (κ1) is 13.3. The van der Waals surface area contributed by atoms with Gasteiger partial charge in [0.15, 0.2) is 5.82 Å². The number of carbonyl (C=O) groups excluding carboxylic acids is 2. The van der Waals surface area contributed by atoms with Gasteiger partial charge in [-0.3, -0.25) is 14.3 Å². The smallest absolute Gasteiger partial charge is 0.241 e. The fourth-order valence-corrected chi connectivity index (χ4v) is 3.49. The van der Waals surface area contributed by atoms with Crippen molar-refractivity contribution in [2.75, 3.05) is 4.90 Å². The van der Waals surface area contributed by atoms with Crippen molar-refractivity contribution in [3.05, 3.63) is 11.8 Å². The number of aryl methyl sites for hydroxylation is 1. The molecule has 1 aliphatic heterocycles. The van der Waals surface area contributed by atoms with E-state index in [0.29, 0.717) is 12.2 Å². The fourth-order valence-electron chi connectivity index (χ4n) is 3.49. The van der Waals surface area contributed by atoms with Crippen molar-refractivity contribution in [3.63, 3.8) is 0 Å². The number of anilines is 1. The highest BCUT2D eigenvalue weighted by molar-refractivity contribution is 6.22. The number of imide groups is 1. The van der Waals surface area contributed by atoms with Crippen LogP contribution in [0.2, 0.25) is 0 Å². The highest BCUT2D eigenvalue weighted by atomic mass is 16.2. The predicted octanol–water partition coefficient (Wildman–Crippen LogP) is 1.09. The van der Waals surface area contributed by atoms with Crippen molar-refractivity contribution in [1.29, 1.82) is 0 Å². The number of amides is 2. The van der Waals surface area contributed by atoms with Gasteiger partial charge in [-0.25, -0.2) is 4.90 Å². The maximum Gasteiger partial charge on any atom is 0.241 e. The third-order valence-corrected chi connectivity index (χ3v) is 4.52. The van der Waals surface area contributed by atoms with E-state index in [1.165, 1.54) is 4.90 Å². The largest absolute Gasteiger partial charge is 0.326 e. The van der Waals surface area contributed by atoms with Crippen LogP contribution in [0.3, 0.4) is 0 Å². The molecule has 1 aliphatic carbocycles. The molecule has 0 radical (unpaired) electrons. The first-order valence-electron chi connectivity index (χ1n) is 7.17. The first-order valence-corrected chi connectivity index (χ1v) is 7.17. The zero-order valence-electron chi connectivity index (χ0n) is 11.8. The Hall–Kier alpha value is -1.69. The van der Waals surface area contributed by atoms with Crippen LogP contribution in [0.25, 0.3) is 0 Å². The fraction of sp³-hybridized carbons (Fsp3) is 0.643. The van der Waals surface area contributed by atoms with E-state index in [-0.39, 0.29) is 18.4 Å². The van der Waals surface area contributed by atoms with Gasteiger partial charge in [-0.1, -0.05) is 19.3 Å². The van der Waals surface area contributed by atoms with Gasteiger partial charge in [0.1, 0.15) is 0 Å². The Balaban J connectivity index is 1.98. The number of aromatic nitrogens is 2. The van der Waals surface area contributed by atoms with E-state index in [1.54, 1.807) is 17.9 Å². The molecule has 0 aromatic carbocycles. The molecule has 1 saturated carbocycles. The lowest BCUT2D eigenvalue weighted by Gasteiger charge is -2.30. The quantitative estimate of drug-likeness (QED) is 0.820. The molecule has 1 spiro atoms. The molecule has 108 valence electrons. The Morgan fingerprint density at radius 3 is 2.65 bits per heavy atom. The first-order chi connectivity index (χ1) is 9.57. The van der Waals surface area contributed by atoms with Crippen molar-refractivity contribution in [3.8, 4) is 0 Å². The minimum absolute atomic E-state index is 0.0735. The van der Waals surface area contributed by atoms with Crippen LogP contribution in [-0.2, 0) is 23.2 Å². The molecule has 1 aromatic rings. The van der Waals surface area contributed by atoms with Crippen LogP contribution in [-0.4, -0.2) is 21.6 Å². The predicted molar refractivity (Wildman–Crippen MR) is 73.7 cm³/mol. The third-order valence-electron chi connectivity index (χ3n) is 4.52. The van der Waals surface area contributed by atoms with Crippen molar-refractivity contribution >= 4 is 17.6 Å². The summed E-state index contributed by atoms with van der Waals surface area (Å²) < 4.78 is 1.60. The van der Waals surface area contributed by atoms with Crippen LogP contribution in [0.4, 0.5) is 5.82 Å². The molecular weight excluding hydrogens is 256 g/mol. The van der Waals surface area contributed by atoms with Gasteiger partial charge < -0.3 is 5.73 Å². The molecule has 2 heterocycles. The number of rotatable bonds is 2. The summed E-state index contributed by atoms with van der Waals surface area (Å²) >= 11 is 0. The van der Waals surface area contributed by atoms with Gasteiger partial charge in [0.05, 0.1) is 5.41 Å². The third kappa shape index (κ3) is 1.86. The standard InChI is InChI=1S/C14H20N4O2/c1-17-9-10(8-15)12(16-17)18-11(19)7-14(13(18)20)5-3-2-4-6-14/h9H,2-8,15H2,1H3. The summed E-state index contributed by atoms with van der Waals surface area (Å²) in [6.45, 7) is 0.271. The number of nitrogens with two attached hydrogens (primary N) is 1. The number of nitrogens with zero attached hydrogens (tertiary/aromatic N) is 3. The lowest BCUT2D eigenvalue weighted by Crippen LogP contribution is -2.37. The molecule has 6 heteroatoms. The molecule has 2 amide bonds. The summed E-state index contributed by atoms with van der Waals surface area (Å²) in [5.74, 6) is 0.216. The van der Waals surface area contributed by atoms with Crippen LogP contribution in [0.1, 0.15) is 44.1 Å². The molecule has 0 atom stereocenters. The number of carbonyl (C=O) groups is 2. The molecule has 2 aliphatic rings. The summed E-state index contributed by atoms with van der Waals surface area (Å²) in [6, 6.07) is 0. The molecule has 6 nitrogen and oxygen atoms in total. The average Bonchev–Trinajstić information content (AvgIpc) is 2.90. The molecule has 1 saturated heterocycles. The van der Waals surface area contributed by atoms with Gasteiger partial charge in [-0.15, -0.1) is 0 Å². The maximum atomic E-state index is 12.8. The zero-order valence-corrected chi connectivity index (χ0v) is 11.8. The zero-order chi connectivity index (χ0) is 14.3. The topological polar surface area (TPSA) is 81.2 Å². The summed E-state index contributed by atoms with van der Waals surface area (Å²) in [4.78, 5) is 26.4. The maximum absolute atomic E-state index is 12.8. The lowest BCUT2D eigenvalue weighted by molar-refractivity contribution is -0.127. The molecule has 0 bridgehead atoms. The molecule has 0 unspecified atom stereocenters. The number of hydrogen-bond donors (Lipinski definition) is 1. The molecule has 2 fully saturated rings. The Labute approximate surface area is 117 Å². The molecular formula is C14H20N4O2. The van der Waals surface area contributed by atoms with E-state index in [9.17, 15) is 9.59 Å². The Morgan fingerprint density at radius 1 is 1.30 bits per heavy atom. The molecule has 1 aromatic heterocycles. The Kier molecular flexibility index (Phi) is 3.12.